The van der Waals surface area contributed by atoms with Gasteiger partial charge in [0.1, 0.15) is 12.7 Å². The Kier molecular flexibility index (Phi) is 8.00. The van der Waals surface area contributed by atoms with E-state index in [1.807, 2.05) is 11.5 Å². The fraction of sp³-hybridized carbons (Fsp3) is 0.750. The minimum Gasteiger partial charge on any atom is -0.450 e. The van der Waals surface area contributed by atoms with Gasteiger partial charge in [-0.05, 0) is 26.7 Å². The molecule has 2 rings (SSSR count). The summed E-state index contributed by atoms with van der Waals surface area (Å²) < 4.78 is 7.03. The number of ether oxygens (including phenoxy) is 1. The summed E-state index contributed by atoms with van der Waals surface area (Å²) in [5.74, 6) is 0.926. The van der Waals surface area contributed by atoms with Crippen LogP contribution in [0, 0.1) is 0 Å². The normalized spacial score (nSPS) is 15.4. The molecule has 1 N–H and O–H groups in total. The van der Waals surface area contributed by atoms with E-state index in [4.69, 9.17) is 9.73 Å². The second-order valence-electron chi connectivity index (χ2n) is 5.82. The lowest BCUT2D eigenvalue weighted by Gasteiger charge is -2.35. The third-order valence-electron chi connectivity index (χ3n) is 3.99. The number of hydrogen-bond acceptors (Lipinski definition) is 5. The standard InChI is InChI=1S/C16H29N7O2/c1-3-17-15(18-7-5-6-8-21-13-19-20-14-21)22-9-11-23(12-10-22)16(24)25-4-2/h13-14H,3-12H2,1-2H3,(H,17,18). The number of guanidine groups is 1. The number of nitrogens with zero attached hydrogens (tertiary/aromatic N) is 6. The molecular weight excluding hydrogens is 322 g/mol. The van der Waals surface area contributed by atoms with Crippen molar-refractivity contribution >= 4 is 12.1 Å². The van der Waals surface area contributed by atoms with E-state index >= 15 is 0 Å². The zero-order valence-electron chi connectivity index (χ0n) is 15.2. The molecule has 1 aliphatic rings. The summed E-state index contributed by atoms with van der Waals surface area (Å²) in [6.07, 6.45) is 5.29. The Morgan fingerprint density at radius 2 is 1.80 bits per heavy atom. The number of piperazine rings is 1. The van der Waals surface area contributed by atoms with E-state index in [2.05, 4.69) is 27.3 Å². The van der Waals surface area contributed by atoms with Crippen LogP contribution in [0.2, 0.25) is 0 Å². The van der Waals surface area contributed by atoms with Gasteiger partial charge in [0.25, 0.3) is 0 Å². The smallest absolute Gasteiger partial charge is 0.409 e. The zero-order chi connectivity index (χ0) is 17.9. The second-order valence-corrected chi connectivity index (χ2v) is 5.82. The third-order valence-corrected chi connectivity index (χ3v) is 3.99. The SMILES string of the molecule is CCNC(=NCCCCn1cnnc1)N1CCN(C(=O)OCC)CC1. The Morgan fingerprint density at radius 3 is 2.44 bits per heavy atom. The fourth-order valence-corrected chi connectivity index (χ4v) is 2.67. The van der Waals surface area contributed by atoms with E-state index in [0.29, 0.717) is 19.7 Å². The van der Waals surface area contributed by atoms with Crippen molar-refractivity contribution in [3.63, 3.8) is 0 Å². The van der Waals surface area contributed by atoms with Crippen molar-refractivity contribution in [2.24, 2.45) is 4.99 Å². The Labute approximate surface area is 149 Å². The van der Waals surface area contributed by atoms with E-state index in [-0.39, 0.29) is 6.09 Å². The number of carbonyl (C=O) groups excluding carboxylic acids is 1. The Hall–Kier alpha value is -2.32. The van der Waals surface area contributed by atoms with Gasteiger partial charge in [-0.15, -0.1) is 10.2 Å². The largest absolute Gasteiger partial charge is 0.450 e. The first-order valence-electron chi connectivity index (χ1n) is 9.02. The molecular formula is C16H29N7O2. The number of aryl methyl sites for hydroxylation is 1. The quantitative estimate of drug-likeness (QED) is 0.444. The summed E-state index contributed by atoms with van der Waals surface area (Å²) >= 11 is 0. The molecule has 1 aliphatic heterocycles. The molecule has 9 nitrogen and oxygen atoms in total. The molecule has 9 heteroatoms. The number of carbonyl (C=O) groups is 1. The van der Waals surface area contributed by atoms with Crippen molar-refractivity contribution in [3.8, 4) is 0 Å². The minimum absolute atomic E-state index is 0.224. The van der Waals surface area contributed by atoms with Gasteiger partial charge in [-0.2, -0.15) is 0 Å². The van der Waals surface area contributed by atoms with Gasteiger partial charge in [0.15, 0.2) is 5.96 Å². The van der Waals surface area contributed by atoms with Gasteiger partial charge in [-0.3, -0.25) is 4.99 Å². The number of nitrogens with one attached hydrogen (secondary N) is 1. The van der Waals surface area contributed by atoms with Crippen molar-refractivity contribution in [2.45, 2.75) is 33.2 Å². The Balaban J connectivity index is 1.74. The maximum absolute atomic E-state index is 11.8. The van der Waals surface area contributed by atoms with E-state index < -0.39 is 0 Å². The van der Waals surface area contributed by atoms with Crippen LogP contribution in [-0.2, 0) is 11.3 Å². The first kappa shape index (κ1) is 19.0. The average molecular weight is 351 g/mol. The summed E-state index contributed by atoms with van der Waals surface area (Å²) in [6.45, 7) is 9.70. The topological polar surface area (TPSA) is 87.9 Å². The van der Waals surface area contributed by atoms with Crippen molar-refractivity contribution in [2.75, 3.05) is 45.9 Å². The highest BCUT2D eigenvalue weighted by atomic mass is 16.6. The van der Waals surface area contributed by atoms with Gasteiger partial charge in [0.2, 0.25) is 0 Å². The number of aromatic nitrogens is 3. The lowest BCUT2D eigenvalue weighted by Crippen LogP contribution is -2.53. The van der Waals surface area contributed by atoms with Crippen LogP contribution in [0.4, 0.5) is 4.79 Å². The molecule has 1 saturated heterocycles. The first-order valence-corrected chi connectivity index (χ1v) is 9.02. The number of unbranched alkanes of at least 4 members (excludes halogenated alkanes) is 1. The van der Waals surface area contributed by atoms with Gasteiger partial charge >= 0.3 is 6.09 Å². The van der Waals surface area contributed by atoms with Crippen LogP contribution in [0.15, 0.2) is 17.6 Å². The average Bonchev–Trinajstić information content (AvgIpc) is 3.14. The Morgan fingerprint density at radius 1 is 1.12 bits per heavy atom. The predicted octanol–water partition coefficient (Wildman–Crippen LogP) is 0.798. The molecule has 2 heterocycles. The molecule has 0 aliphatic carbocycles. The molecule has 1 fully saturated rings. The highest BCUT2D eigenvalue weighted by Crippen LogP contribution is 2.05. The fourth-order valence-electron chi connectivity index (χ4n) is 2.67. The molecule has 0 atom stereocenters. The summed E-state index contributed by atoms with van der Waals surface area (Å²) in [7, 11) is 0. The monoisotopic (exact) mass is 351 g/mol. The van der Waals surface area contributed by atoms with Crippen LogP contribution in [0.25, 0.3) is 0 Å². The Bertz CT molecular complexity index is 525. The van der Waals surface area contributed by atoms with Crippen LogP contribution in [-0.4, -0.2) is 82.5 Å². The summed E-state index contributed by atoms with van der Waals surface area (Å²) in [5.41, 5.74) is 0. The lowest BCUT2D eigenvalue weighted by atomic mass is 10.3. The van der Waals surface area contributed by atoms with Crippen LogP contribution in [0.1, 0.15) is 26.7 Å². The van der Waals surface area contributed by atoms with Crippen molar-refractivity contribution in [1.29, 1.82) is 0 Å². The van der Waals surface area contributed by atoms with Gasteiger partial charge < -0.3 is 24.4 Å². The number of aliphatic imine (C=N–C) groups is 1. The number of hydrogen-bond donors (Lipinski definition) is 1. The third kappa shape index (κ3) is 6.24. The lowest BCUT2D eigenvalue weighted by molar-refractivity contribution is 0.0914. The molecule has 0 bridgehead atoms. The molecule has 0 spiro atoms. The highest BCUT2D eigenvalue weighted by Gasteiger charge is 2.23. The maximum Gasteiger partial charge on any atom is 0.409 e. The second kappa shape index (κ2) is 10.5. The van der Waals surface area contributed by atoms with Crippen molar-refractivity contribution in [1.82, 2.24) is 29.9 Å². The predicted molar refractivity (Wildman–Crippen MR) is 95.4 cm³/mol. The van der Waals surface area contributed by atoms with E-state index in [0.717, 1.165) is 51.5 Å². The summed E-state index contributed by atoms with van der Waals surface area (Å²) in [6, 6.07) is 0. The van der Waals surface area contributed by atoms with E-state index in [1.54, 1.807) is 17.6 Å². The summed E-state index contributed by atoms with van der Waals surface area (Å²) in [5, 5.41) is 10.9. The molecule has 25 heavy (non-hydrogen) atoms. The molecule has 0 saturated carbocycles. The number of amides is 1. The molecule has 0 unspecified atom stereocenters. The van der Waals surface area contributed by atoms with Crippen LogP contribution >= 0.6 is 0 Å². The van der Waals surface area contributed by atoms with Gasteiger partial charge in [0, 0.05) is 45.8 Å². The zero-order valence-corrected chi connectivity index (χ0v) is 15.2. The molecule has 0 aromatic carbocycles. The maximum atomic E-state index is 11.8. The number of rotatable bonds is 7. The van der Waals surface area contributed by atoms with Gasteiger partial charge in [-0.25, -0.2) is 4.79 Å². The van der Waals surface area contributed by atoms with Crippen LogP contribution in [0.3, 0.4) is 0 Å². The van der Waals surface area contributed by atoms with Crippen LogP contribution < -0.4 is 5.32 Å². The minimum atomic E-state index is -0.224. The first-order chi connectivity index (χ1) is 12.2. The molecule has 0 radical (unpaired) electrons. The molecule has 1 aromatic heterocycles. The van der Waals surface area contributed by atoms with E-state index in [9.17, 15) is 4.79 Å². The summed E-state index contributed by atoms with van der Waals surface area (Å²) in [4.78, 5) is 20.4. The van der Waals surface area contributed by atoms with Crippen molar-refractivity contribution in [3.05, 3.63) is 12.7 Å². The van der Waals surface area contributed by atoms with Crippen molar-refractivity contribution < 1.29 is 9.53 Å². The molecule has 1 aromatic rings. The molecule has 140 valence electrons. The van der Waals surface area contributed by atoms with Crippen LogP contribution in [0.5, 0.6) is 0 Å². The van der Waals surface area contributed by atoms with Gasteiger partial charge in [0.05, 0.1) is 6.61 Å². The van der Waals surface area contributed by atoms with E-state index in [1.165, 1.54) is 0 Å². The highest BCUT2D eigenvalue weighted by molar-refractivity contribution is 5.80. The molecule has 1 amide bonds. The van der Waals surface area contributed by atoms with Gasteiger partial charge in [-0.1, -0.05) is 0 Å².